The van der Waals surface area contributed by atoms with Crippen LogP contribution in [0, 0.1) is 12.7 Å². The second kappa shape index (κ2) is 6.71. The van der Waals surface area contributed by atoms with E-state index in [0.29, 0.717) is 48.3 Å². The Morgan fingerprint density at radius 1 is 1.30 bits per heavy atom. The predicted octanol–water partition coefficient (Wildman–Crippen LogP) is 2.86. The molecular weight excluding hydrogens is 425 g/mol. The molecule has 1 aliphatic carbocycles. The van der Waals surface area contributed by atoms with Crippen LogP contribution in [0.1, 0.15) is 65.6 Å². The van der Waals surface area contributed by atoms with Crippen LogP contribution in [0.5, 0.6) is 0 Å². The first-order chi connectivity index (χ1) is 15.8. The summed E-state index contributed by atoms with van der Waals surface area (Å²) < 4.78 is 21.5. The molecule has 33 heavy (non-hydrogen) atoms. The number of nitrogens with two attached hydrogens (primary N) is 1. The summed E-state index contributed by atoms with van der Waals surface area (Å²) in [6.07, 6.45) is 2.04. The van der Waals surface area contributed by atoms with E-state index in [9.17, 15) is 19.1 Å². The molecule has 6 rings (SSSR count). The summed E-state index contributed by atoms with van der Waals surface area (Å²) >= 11 is 0. The molecule has 4 heterocycles. The topological polar surface area (TPSA) is 107 Å². The Kier molecular flexibility index (Phi) is 4.17. The summed E-state index contributed by atoms with van der Waals surface area (Å²) in [6, 6.07) is 2.87. The van der Waals surface area contributed by atoms with Crippen LogP contribution in [-0.4, -0.2) is 20.6 Å². The number of aryl methyl sites for hydroxylation is 1. The number of cyclic esters (lactones) is 1. The Hall–Kier alpha value is -3.10. The number of rotatable bonds is 2. The first-order valence-electron chi connectivity index (χ1n) is 11.3. The maximum Gasteiger partial charge on any atom is 0.343 e. The fourth-order valence-corrected chi connectivity index (χ4v) is 5.85. The van der Waals surface area contributed by atoms with E-state index in [1.807, 2.05) is 6.92 Å². The van der Waals surface area contributed by atoms with Gasteiger partial charge in [-0.1, -0.05) is 13.3 Å². The number of aliphatic hydroxyl groups is 1. The van der Waals surface area contributed by atoms with Crippen LogP contribution in [0.15, 0.2) is 16.9 Å². The fraction of sp³-hybridized carbons (Fsp3) is 0.400. The van der Waals surface area contributed by atoms with Gasteiger partial charge in [-0.15, -0.1) is 0 Å². The molecule has 3 N–H and O–H groups in total. The molecule has 0 saturated carbocycles. The number of fused-ring (bicyclic) bond motifs is 5. The molecule has 2 aliphatic heterocycles. The highest BCUT2D eigenvalue weighted by atomic mass is 19.1. The summed E-state index contributed by atoms with van der Waals surface area (Å²) in [7, 11) is 0. The molecule has 0 radical (unpaired) electrons. The van der Waals surface area contributed by atoms with Gasteiger partial charge in [0.05, 0.1) is 29.0 Å². The van der Waals surface area contributed by atoms with Crippen LogP contribution in [0.3, 0.4) is 0 Å². The Bertz CT molecular complexity index is 1460. The van der Waals surface area contributed by atoms with E-state index in [4.69, 9.17) is 15.5 Å². The zero-order valence-electron chi connectivity index (χ0n) is 18.5. The zero-order valence-corrected chi connectivity index (χ0v) is 18.5. The lowest BCUT2D eigenvalue weighted by atomic mass is 9.82. The summed E-state index contributed by atoms with van der Waals surface area (Å²) in [5, 5.41) is 12.1. The smallest absolute Gasteiger partial charge is 0.343 e. The van der Waals surface area contributed by atoms with Crippen molar-refractivity contribution in [3.63, 3.8) is 0 Å². The van der Waals surface area contributed by atoms with Gasteiger partial charge in [-0.05, 0) is 48.9 Å². The molecule has 3 aliphatic rings. The first-order valence-corrected chi connectivity index (χ1v) is 11.3. The van der Waals surface area contributed by atoms with Crippen molar-refractivity contribution in [2.24, 2.45) is 5.73 Å². The van der Waals surface area contributed by atoms with E-state index in [0.717, 1.165) is 22.1 Å². The number of carbonyl (C=O) groups excluding carboxylic acids is 1. The molecule has 170 valence electrons. The highest BCUT2D eigenvalue weighted by Crippen LogP contribution is 2.45. The van der Waals surface area contributed by atoms with Crippen LogP contribution < -0.4 is 11.3 Å². The van der Waals surface area contributed by atoms with Crippen molar-refractivity contribution >= 4 is 16.9 Å². The normalized spacial score (nSPS) is 22.7. The number of benzene rings is 1. The Labute approximate surface area is 189 Å². The van der Waals surface area contributed by atoms with E-state index in [-0.39, 0.29) is 41.6 Å². The Balaban J connectivity index is 1.68. The van der Waals surface area contributed by atoms with Crippen molar-refractivity contribution < 1.29 is 19.0 Å². The highest BCUT2D eigenvalue weighted by Gasteiger charge is 2.46. The third-order valence-electron chi connectivity index (χ3n) is 7.52. The van der Waals surface area contributed by atoms with Gasteiger partial charge in [0.25, 0.3) is 5.56 Å². The van der Waals surface area contributed by atoms with Crippen LogP contribution in [0.4, 0.5) is 4.39 Å². The molecule has 2 aromatic heterocycles. The second-order valence-electron chi connectivity index (χ2n) is 9.35. The number of esters is 1. The lowest BCUT2D eigenvalue weighted by Crippen LogP contribution is -2.44. The largest absolute Gasteiger partial charge is 0.458 e. The van der Waals surface area contributed by atoms with Gasteiger partial charge in [-0.3, -0.25) is 4.79 Å². The average molecular weight is 449 g/mol. The minimum absolute atomic E-state index is 0.143. The number of halogens is 1. The number of pyridine rings is 2. The van der Waals surface area contributed by atoms with Crippen molar-refractivity contribution in [3.05, 3.63) is 61.7 Å². The number of ether oxygens (including phenoxy) is 1. The van der Waals surface area contributed by atoms with Gasteiger partial charge in [-0.2, -0.15) is 0 Å². The monoisotopic (exact) mass is 449 g/mol. The van der Waals surface area contributed by atoms with Gasteiger partial charge in [0.2, 0.25) is 0 Å². The Morgan fingerprint density at radius 3 is 2.85 bits per heavy atom. The second-order valence-corrected chi connectivity index (χ2v) is 9.35. The van der Waals surface area contributed by atoms with E-state index < -0.39 is 11.6 Å². The fourth-order valence-electron chi connectivity index (χ4n) is 5.85. The van der Waals surface area contributed by atoms with Crippen LogP contribution in [-0.2, 0) is 34.7 Å². The molecule has 2 atom stereocenters. The van der Waals surface area contributed by atoms with Crippen LogP contribution in [0.25, 0.3) is 22.3 Å². The quantitative estimate of drug-likeness (QED) is 0.456. The first kappa shape index (κ1) is 20.5. The highest BCUT2D eigenvalue weighted by molar-refractivity contribution is 5.93. The third kappa shape index (κ3) is 2.53. The lowest BCUT2D eigenvalue weighted by molar-refractivity contribution is -0.172. The molecule has 0 fully saturated rings. The molecule has 0 spiro atoms. The minimum atomic E-state index is -1.88. The molecule has 0 bridgehead atoms. The van der Waals surface area contributed by atoms with E-state index in [1.165, 1.54) is 6.07 Å². The van der Waals surface area contributed by atoms with Crippen molar-refractivity contribution in [2.45, 2.75) is 64.3 Å². The standard InChI is InChI=1S/C25H24FN3O4/c1-3-6-25(32)15-7-19-22-13(9-29(19)23(30)14(15)10-33-24(25)31)20-17(27)5-4-12-11(2)16(26)8-18(28-22)21(12)20/h7-8,17,32H,3-6,9-10,27H2,1-2H3/t17-,25-/m0/s1. The van der Waals surface area contributed by atoms with Crippen LogP contribution in [0.2, 0.25) is 0 Å². The maximum absolute atomic E-state index is 14.7. The Morgan fingerprint density at radius 2 is 2.09 bits per heavy atom. The number of carbonyl (C=O) groups is 1. The molecule has 3 aromatic rings. The van der Waals surface area contributed by atoms with Gasteiger partial charge >= 0.3 is 5.97 Å². The predicted molar refractivity (Wildman–Crippen MR) is 119 cm³/mol. The molecule has 7 nitrogen and oxygen atoms in total. The van der Waals surface area contributed by atoms with Crippen molar-refractivity contribution in [2.75, 3.05) is 0 Å². The van der Waals surface area contributed by atoms with Crippen molar-refractivity contribution in [1.82, 2.24) is 9.55 Å². The van der Waals surface area contributed by atoms with E-state index in [2.05, 4.69) is 0 Å². The zero-order chi connectivity index (χ0) is 23.2. The van der Waals surface area contributed by atoms with Crippen LogP contribution >= 0.6 is 0 Å². The average Bonchev–Trinajstić information content (AvgIpc) is 3.15. The molecular formula is C25H24FN3O4. The molecule has 0 saturated heterocycles. The molecule has 1 aromatic carbocycles. The number of nitrogens with zero attached hydrogens (tertiary/aromatic N) is 2. The van der Waals surface area contributed by atoms with Gasteiger partial charge in [0.15, 0.2) is 5.60 Å². The summed E-state index contributed by atoms with van der Waals surface area (Å²) in [5.74, 6) is -1.06. The van der Waals surface area contributed by atoms with Gasteiger partial charge in [0, 0.05) is 28.6 Å². The summed E-state index contributed by atoms with van der Waals surface area (Å²) in [6.45, 7) is 3.74. The molecule has 8 heteroatoms. The third-order valence-corrected chi connectivity index (χ3v) is 7.52. The van der Waals surface area contributed by atoms with Gasteiger partial charge in [-0.25, -0.2) is 14.2 Å². The number of aromatic nitrogens is 2. The minimum Gasteiger partial charge on any atom is -0.458 e. The van der Waals surface area contributed by atoms with Gasteiger partial charge in [0.1, 0.15) is 12.4 Å². The number of hydrogen-bond donors (Lipinski definition) is 2. The molecule has 0 amide bonds. The van der Waals surface area contributed by atoms with Crippen molar-refractivity contribution in [3.8, 4) is 11.4 Å². The number of hydrogen-bond acceptors (Lipinski definition) is 6. The van der Waals surface area contributed by atoms with E-state index in [1.54, 1.807) is 17.6 Å². The lowest BCUT2D eigenvalue weighted by Gasteiger charge is -2.32. The van der Waals surface area contributed by atoms with E-state index >= 15 is 0 Å². The summed E-state index contributed by atoms with van der Waals surface area (Å²) in [4.78, 5) is 30.8. The maximum atomic E-state index is 14.7. The van der Waals surface area contributed by atoms with Gasteiger partial charge < -0.3 is 20.1 Å². The summed E-state index contributed by atoms with van der Waals surface area (Å²) in [5.41, 5.74) is 9.81. The van der Waals surface area contributed by atoms with Crippen molar-refractivity contribution in [1.29, 1.82) is 0 Å². The SMILES string of the molecule is CCC[C@@]1(O)C(=O)OCc2c1cc1n(c2=O)Cc2c-1nc1cc(F)c(C)c3c1c2[C@@H](N)CC3. The molecule has 0 unspecified atom stereocenters.